The highest BCUT2D eigenvalue weighted by Crippen LogP contribution is 2.06. The Morgan fingerprint density at radius 1 is 1.25 bits per heavy atom. The van der Waals surface area contributed by atoms with Crippen molar-refractivity contribution in [1.82, 2.24) is 5.32 Å². The van der Waals surface area contributed by atoms with Crippen molar-refractivity contribution in [2.45, 2.75) is 51.0 Å². The molecule has 6 nitrogen and oxygen atoms in total. The van der Waals surface area contributed by atoms with E-state index in [1.807, 2.05) is 0 Å². The molecule has 0 bridgehead atoms. The topological polar surface area (TPSA) is 110 Å². The van der Waals surface area contributed by atoms with E-state index in [4.69, 9.17) is 5.11 Å². The van der Waals surface area contributed by atoms with Gasteiger partial charge in [-0.25, -0.2) is 0 Å². The summed E-state index contributed by atoms with van der Waals surface area (Å²) >= 11 is 0. The molecule has 5 N–H and O–H groups in total. The van der Waals surface area contributed by atoms with E-state index < -0.39 is 29.8 Å². The largest absolute Gasteiger partial charge is 0.396 e. The molecule has 0 heterocycles. The first-order chi connectivity index (χ1) is 7.19. The second-order valence-electron chi connectivity index (χ2n) is 4.75. The molecule has 0 aliphatic heterocycles. The van der Waals surface area contributed by atoms with Gasteiger partial charge in [0, 0.05) is 12.1 Å². The van der Waals surface area contributed by atoms with Gasteiger partial charge in [0.15, 0.2) is 6.10 Å². The van der Waals surface area contributed by atoms with E-state index in [9.17, 15) is 20.1 Å². The van der Waals surface area contributed by atoms with Gasteiger partial charge in [-0.3, -0.25) is 4.79 Å². The zero-order valence-electron chi connectivity index (χ0n) is 9.84. The number of amides is 1. The summed E-state index contributed by atoms with van der Waals surface area (Å²) in [6.45, 7) is 4.86. The summed E-state index contributed by atoms with van der Waals surface area (Å²) in [4.78, 5) is 11.4. The van der Waals surface area contributed by atoms with Crippen molar-refractivity contribution in [2.24, 2.45) is 0 Å². The highest BCUT2D eigenvalue weighted by molar-refractivity contribution is 5.81. The number of aliphatic hydroxyl groups is 4. The zero-order chi connectivity index (χ0) is 12.9. The van der Waals surface area contributed by atoms with Gasteiger partial charge in [-0.2, -0.15) is 0 Å². The predicted molar refractivity (Wildman–Crippen MR) is 57.6 cm³/mol. The molecule has 0 aliphatic rings. The third kappa shape index (κ3) is 5.41. The van der Waals surface area contributed by atoms with Gasteiger partial charge in [-0.1, -0.05) is 0 Å². The minimum atomic E-state index is -1.71. The molecule has 3 unspecified atom stereocenters. The van der Waals surface area contributed by atoms with Gasteiger partial charge < -0.3 is 25.7 Å². The van der Waals surface area contributed by atoms with Crippen molar-refractivity contribution in [3.05, 3.63) is 0 Å². The zero-order valence-corrected chi connectivity index (χ0v) is 9.84. The Morgan fingerprint density at radius 2 is 1.75 bits per heavy atom. The van der Waals surface area contributed by atoms with Crippen LogP contribution in [0.2, 0.25) is 0 Å². The molecule has 96 valence electrons. The van der Waals surface area contributed by atoms with E-state index in [2.05, 4.69) is 5.32 Å². The first-order valence-electron chi connectivity index (χ1n) is 5.16. The first kappa shape index (κ1) is 15.3. The third-order valence-corrected chi connectivity index (χ3v) is 1.91. The van der Waals surface area contributed by atoms with Crippen LogP contribution in [0.4, 0.5) is 0 Å². The van der Waals surface area contributed by atoms with Crippen LogP contribution in [-0.2, 0) is 4.79 Å². The highest BCUT2D eigenvalue weighted by Gasteiger charge is 2.31. The van der Waals surface area contributed by atoms with Gasteiger partial charge in [0.2, 0.25) is 0 Å². The molecule has 0 rings (SSSR count). The predicted octanol–water partition coefficient (Wildman–Crippen LogP) is -1.63. The molecule has 0 saturated heterocycles. The van der Waals surface area contributed by atoms with Crippen LogP contribution in [0.25, 0.3) is 0 Å². The van der Waals surface area contributed by atoms with E-state index in [0.717, 1.165) is 0 Å². The Bertz CT molecular complexity index is 226. The van der Waals surface area contributed by atoms with E-state index >= 15 is 0 Å². The molecule has 0 aromatic heterocycles. The highest BCUT2D eigenvalue weighted by atomic mass is 16.4. The van der Waals surface area contributed by atoms with Crippen LogP contribution in [0.1, 0.15) is 27.2 Å². The van der Waals surface area contributed by atoms with Gasteiger partial charge in [0.05, 0.1) is 6.10 Å². The van der Waals surface area contributed by atoms with Crippen molar-refractivity contribution in [1.29, 1.82) is 0 Å². The number of hydrogen-bond donors (Lipinski definition) is 5. The fourth-order valence-corrected chi connectivity index (χ4v) is 1.11. The van der Waals surface area contributed by atoms with Crippen molar-refractivity contribution < 1.29 is 25.2 Å². The summed E-state index contributed by atoms with van der Waals surface area (Å²) in [6, 6.07) is 0. The fourth-order valence-electron chi connectivity index (χ4n) is 1.11. The molecule has 0 fully saturated rings. The molecule has 0 spiro atoms. The molecule has 0 radical (unpaired) electrons. The Balaban J connectivity index is 4.32. The summed E-state index contributed by atoms with van der Waals surface area (Å²) in [7, 11) is 0. The number of rotatable bonds is 5. The standard InChI is InChI=1S/C10H21NO5/c1-10(2,3)11-9(16)8(15)7(14)6(13)4-5-12/h6-8,12-15H,4-5H2,1-3H3,(H,11,16). The number of carbonyl (C=O) groups excluding carboxylic acids is 1. The van der Waals surface area contributed by atoms with Gasteiger partial charge in [0.25, 0.3) is 5.91 Å². The normalized spacial score (nSPS) is 17.7. The van der Waals surface area contributed by atoms with Gasteiger partial charge in [0.1, 0.15) is 6.10 Å². The smallest absolute Gasteiger partial charge is 0.252 e. The minimum absolute atomic E-state index is 0.0962. The van der Waals surface area contributed by atoms with E-state index in [1.165, 1.54) is 0 Å². The van der Waals surface area contributed by atoms with Gasteiger partial charge in [-0.05, 0) is 27.2 Å². The van der Waals surface area contributed by atoms with Crippen molar-refractivity contribution in [3.63, 3.8) is 0 Å². The van der Waals surface area contributed by atoms with Crippen LogP contribution < -0.4 is 5.32 Å². The lowest BCUT2D eigenvalue weighted by Gasteiger charge is -2.26. The van der Waals surface area contributed by atoms with Crippen molar-refractivity contribution >= 4 is 5.91 Å². The van der Waals surface area contributed by atoms with Gasteiger partial charge >= 0.3 is 0 Å². The van der Waals surface area contributed by atoms with Crippen LogP contribution >= 0.6 is 0 Å². The average molecular weight is 235 g/mol. The van der Waals surface area contributed by atoms with Gasteiger partial charge in [-0.15, -0.1) is 0 Å². The average Bonchev–Trinajstić information content (AvgIpc) is 2.13. The lowest BCUT2D eigenvalue weighted by Crippen LogP contribution is -2.52. The van der Waals surface area contributed by atoms with E-state index in [0.29, 0.717) is 0 Å². The SMILES string of the molecule is CC(C)(C)NC(=O)C(O)C(O)C(O)CCO. The summed E-state index contributed by atoms with van der Waals surface area (Å²) in [5, 5.41) is 39.2. The van der Waals surface area contributed by atoms with Crippen LogP contribution in [0.5, 0.6) is 0 Å². The minimum Gasteiger partial charge on any atom is -0.396 e. The molecular weight excluding hydrogens is 214 g/mol. The summed E-state index contributed by atoms with van der Waals surface area (Å²) in [6.07, 6.45) is -4.73. The maximum absolute atomic E-state index is 11.4. The first-order valence-corrected chi connectivity index (χ1v) is 5.16. The number of hydrogen-bond acceptors (Lipinski definition) is 5. The maximum atomic E-state index is 11.4. The molecule has 6 heteroatoms. The number of aliphatic hydroxyl groups excluding tert-OH is 4. The number of carbonyl (C=O) groups is 1. The monoisotopic (exact) mass is 235 g/mol. The third-order valence-electron chi connectivity index (χ3n) is 1.91. The van der Waals surface area contributed by atoms with Crippen LogP contribution in [0.15, 0.2) is 0 Å². The number of nitrogens with one attached hydrogen (secondary N) is 1. The molecule has 1 amide bonds. The van der Waals surface area contributed by atoms with E-state index in [-0.39, 0.29) is 13.0 Å². The quantitative estimate of drug-likeness (QED) is 0.393. The molecule has 0 saturated carbocycles. The Labute approximate surface area is 94.9 Å². The molecular formula is C10H21NO5. The summed E-state index contributed by atoms with van der Waals surface area (Å²) in [5.41, 5.74) is -0.528. The van der Waals surface area contributed by atoms with Crippen molar-refractivity contribution in [2.75, 3.05) is 6.61 Å². The Hall–Kier alpha value is -0.690. The Kier molecular flexibility index (Phi) is 5.88. The molecule has 0 aromatic carbocycles. The lowest BCUT2D eigenvalue weighted by molar-refractivity contribution is -0.142. The summed E-state index contributed by atoms with van der Waals surface area (Å²) < 4.78 is 0. The fraction of sp³-hybridized carbons (Fsp3) is 0.900. The van der Waals surface area contributed by atoms with Crippen LogP contribution in [-0.4, -0.2) is 56.8 Å². The Morgan fingerprint density at radius 3 is 2.12 bits per heavy atom. The second kappa shape index (κ2) is 6.15. The van der Waals surface area contributed by atoms with Crippen molar-refractivity contribution in [3.8, 4) is 0 Å². The molecule has 16 heavy (non-hydrogen) atoms. The molecule has 0 aromatic rings. The second-order valence-corrected chi connectivity index (χ2v) is 4.75. The van der Waals surface area contributed by atoms with E-state index in [1.54, 1.807) is 20.8 Å². The van der Waals surface area contributed by atoms with Crippen LogP contribution in [0, 0.1) is 0 Å². The molecule has 0 aliphatic carbocycles. The molecule has 3 atom stereocenters. The lowest BCUT2D eigenvalue weighted by atomic mass is 10.0. The van der Waals surface area contributed by atoms with Crippen LogP contribution in [0.3, 0.4) is 0 Å². The maximum Gasteiger partial charge on any atom is 0.252 e. The summed E-state index contributed by atoms with van der Waals surface area (Å²) in [5.74, 6) is -0.753.